The molecule has 1 aliphatic heterocycles. The maximum absolute atomic E-state index is 11.9. The van der Waals surface area contributed by atoms with Crippen molar-refractivity contribution in [3.8, 4) is 0 Å². The molecule has 1 aliphatic carbocycles. The molecule has 2 N–H and O–H groups in total. The van der Waals surface area contributed by atoms with E-state index in [4.69, 9.17) is 4.74 Å². The molecule has 2 aliphatic rings. The van der Waals surface area contributed by atoms with Gasteiger partial charge in [0.25, 0.3) is 0 Å². The van der Waals surface area contributed by atoms with Crippen LogP contribution in [0.15, 0.2) is 4.99 Å². The van der Waals surface area contributed by atoms with Gasteiger partial charge in [0.15, 0.2) is 5.96 Å². The van der Waals surface area contributed by atoms with Crippen molar-refractivity contribution in [2.75, 3.05) is 47.4 Å². The molecule has 28 heavy (non-hydrogen) atoms. The summed E-state index contributed by atoms with van der Waals surface area (Å²) in [5.41, 5.74) is -0.0415. The number of halogens is 1. The fourth-order valence-electron chi connectivity index (χ4n) is 3.94. The number of carbonyl (C=O) groups is 1. The van der Waals surface area contributed by atoms with E-state index < -0.39 is 0 Å². The van der Waals surface area contributed by atoms with Gasteiger partial charge >= 0.3 is 0 Å². The number of ether oxygens (including phenoxy) is 1. The third-order valence-corrected chi connectivity index (χ3v) is 6.69. The SMILES string of the molecule is CCN=C(NC1CCN(CC(=O)N(C)C)CC1)NC1CC(C)(OC)C1(C)C.I. The molecule has 164 valence electrons. The van der Waals surface area contributed by atoms with E-state index >= 15 is 0 Å². The van der Waals surface area contributed by atoms with Crippen LogP contribution in [0.4, 0.5) is 0 Å². The fourth-order valence-corrected chi connectivity index (χ4v) is 3.94. The Hall–Kier alpha value is -0.610. The Morgan fingerprint density at radius 2 is 1.82 bits per heavy atom. The molecule has 8 heteroatoms. The van der Waals surface area contributed by atoms with Crippen LogP contribution in [-0.4, -0.2) is 86.7 Å². The van der Waals surface area contributed by atoms with Crippen LogP contribution in [0.3, 0.4) is 0 Å². The molecular weight excluding hydrogens is 469 g/mol. The summed E-state index contributed by atoms with van der Waals surface area (Å²) in [4.78, 5) is 20.4. The minimum Gasteiger partial charge on any atom is -0.378 e. The summed E-state index contributed by atoms with van der Waals surface area (Å²) in [5.74, 6) is 1.07. The number of methoxy groups -OCH3 is 1. The monoisotopic (exact) mass is 509 g/mol. The number of likely N-dealkylation sites (tertiary alicyclic amines) is 1. The van der Waals surface area contributed by atoms with Crippen molar-refractivity contribution in [3.63, 3.8) is 0 Å². The third kappa shape index (κ3) is 5.72. The Balaban J connectivity index is 0.00000392. The number of nitrogens with zero attached hydrogens (tertiary/aromatic N) is 3. The molecule has 2 atom stereocenters. The smallest absolute Gasteiger partial charge is 0.236 e. The zero-order chi connectivity index (χ0) is 20.2. The highest BCUT2D eigenvalue weighted by Crippen LogP contribution is 2.51. The van der Waals surface area contributed by atoms with Crippen molar-refractivity contribution in [1.82, 2.24) is 20.4 Å². The average Bonchev–Trinajstić information content (AvgIpc) is 2.62. The summed E-state index contributed by atoms with van der Waals surface area (Å²) < 4.78 is 5.73. The van der Waals surface area contributed by atoms with Crippen molar-refractivity contribution in [3.05, 3.63) is 0 Å². The van der Waals surface area contributed by atoms with Crippen molar-refractivity contribution in [1.29, 1.82) is 0 Å². The Morgan fingerprint density at radius 3 is 2.29 bits per heavy atom. The maximum Gasteiger partial charge on any atom is 0.236 e. The second kappa shape index (κ2) is 10.4. The molecule has 0 spiro atoms. The van der Waals surface area contributed by atoms with E-state index in [1.807, 2.05) is 14.1 Å². The topological polar surface area (TPSA) is 69.2 Å². The molecule has 2 rings (SSSR count). The molecule has 1 amide bonds. The summed E-state index contributed by atoms with van der Waals surface area (Å²) in [6, 6.07) is 0.739. The van der Waals surface area contributed by atoms with Crippen LogP contribution in [-0.2, 0) is 9.53 Å². The van der Waals surface area contributed by atoms with Gasteiger partial charge in [-0.05, 0) is 33.1 Å². The summed E-state index contributed by atoms with van der Waals surface area (Å²) in [7, 11) is 5.42. The molecule has 1 saturated heterocycles. The first-order valence-electron chi connectivity index (χ1n) is 10.2. The third-order valence-electron chi connectivity index (χ3n) is 6.69. The summed E-state index contributed by atoms with van der Waals surface area (Å²) in [6.07, 6.45) is 3.02. The highest BCUT2D eigenvalue weighted by atomic mass is 127. The minimum atomic E-state index is -0.0910. The summed E-state index contributed by atoms with van der Waals surface area (Å²) >= 11 is 0. The molecule has 0 radical (unpaired) electrons. The maximum atomic E-state index is 11.9. The number of hydrogen-bond acceptors (Lipinski definition) is 4. The van der Waals surface area contributed by atoms with Gasteiger partial charge in [-0.3, -0.25) is 14.7 Å². The zero-order valence-corrected chi connectivity index (χ0v) is 21.0. The Labute approximate surface area is 188 Å². The van der Waals surface area contributed by atoms with Gasteiger partial charge in [0.05, 0.1) is 12.1 Å². The molecular formula is C20H40IN5O2. The van der Waals surface area contributed by atoms with E-state index in [0.29, 0.717) is 18.6 Å². The zero-order valence-electron chi connectivity index (χ0n) is 18.7. The lowest BCUT2D eigenvalue weighted by molar-refractivity contribution is -0.176. The number of likely N-dealkylation sites (N-methyl/N-ethyl adjacent to an activating group) is 1. The second-order valence-electron chi connectivity index (χ2n) is 8.86. The van der Waals surface area contributed by atoms with Crippen LogP contribution in [0.25, 0.3) is 0 Å². The van der Waals surface area contributed by atoms with E-state index in [1.165, 1.54) is 0 Å². The van der Waals surface area contributed by atoms with Crippen LogP contribution < -0.4 is 10.6 Å². The highest BCUT2D eigenvalue weighted by molar-refractivity contribution is 14.0. The lowest BCUT2D eigenvalue weighted by Gasteiger charge is -2.59. The number of carbonyl (C=O) groups excluding carboxylic acids is 1. The largest absolute Gasteiger partial charge is 0.378 e. The fraction of sp³-hybridized carbons (Fsp3) is 0.900. The second-order valence-corrected chi connectivity index (χ2v) is 8.86. The van der Waals surface area contributed by atoms with Crippen LogP contribution in [0.5, 0.6) is 0 Å². The molecule has 1 heterocycles. The number of piperidine rings is 1. The number of nitrogens with one attached hydrogen (secondary N) is 2. The Morgan fingerprint density at radius 1 is 1.21 bits per heavy atom. The predicted octanol–water partition coefficient (Wildman–Crippen LogP) is 1.92. The Bertz CT molecular complexity index is 547. The number of guanidine groups is 1. The molecule has 2 unspecified atom stereocenters. The van der Waals surface area contributed by atoms with Gasteiger partial charge < -0.3 is 20.3 Å². The van der Waals surface area contributed by atoms with Gasteiger partial charge in [-0.2, -0.15) is 0 Å². The van der Waals surface area contributed by atoms with Gasteiger partial charge in [0.2, 0.25) is 5.91 Å². The van der Waals surface area contributed by atoms with Crippen LogP contribution in [0.2, 0.25) is 0 Å². The molecule has 0 aromatic heterocycles. The Kier molecular flexibility index (Phi) is 9.47. The molecule has 0 bridgehead atoms. The van der Waals surface area contributed by atoms with E-state index in [1.54, 1.807) is 12.0 Å². The van der Waals surface area contributed by atoms with Crippen LogP contribution in [0, 0.1) is 5.41 Å². The highest BCUT2D eigenvalue weighted by Gasteiger charge is 2.58. The van der Waals surface area contributed by atoms with Gasteiger partial charge in [0.1, 0.15) is 0 Å². The van der Waals surface area contributed by atoms with Gasteiger partial charge in [-0.15, -0.1) is 24.0 Å². The number of aliphatic imine (C=N–C) groups is 1. The molecule has 1 saturated carbocycles. The van der Waals surface area contributed by atoms with Crippen molar-refractivity contribution < 1.29 is 9.53 Å². The molecule has 0 aromatic carbocycles. The van der Waals surface area contributed by atoms with Gasteiger partial charge in [-0.1, -0.05) is 13.8 Å². The first kappa shape index (κ1) is 25.4. The lowest BCUT2D eigenvalue weighted by Crippen LogP contribution is -2.70. The van der Waals surface area contributed by atoms with E-state index in [-0.39, 0.29) is 40.9 Å². The minimum absolute atomic E-state index is 0. The van der Waals surface area contributed by atoms with Crippen molar-refractivity contribution in [2.24, 2.45) is 10.4 Å². The predicted molar refractivity (Wildman–Crippen MR) is 125 cm³/mol. The quantitative estimate of drug-likeness (QED) is 0.326. The molecule has 7 nitrogen and oxygen atoms in total. The van der Waals surface area contributed by atoms with Crippen LogP contribution in [0.1, 0.15) is 47.0 Å². The first-order valence-corrected chi connectivity index (χ1v) is 10.2. The summed E-state index contributed by atoms with van der Waals surface area (Å²) in [5, 5.41) is 7.24. The number of rotatable bonds is 6. The van der Waals surface area contributed by atoms with Gasteiger partial charge in [0, 0.05) is 58.3 Å². The first-order chi connectivity index (χ1) is 12.6. The van der Waals surface area contributed by atoms with Gasteiger partial charge in [-0.25, -0.2) is 0 Å². The van der Waals surface area contributed by atoms with Crippen LogP contribution >= 0.6 is 24.0 Å². The summed E-state index contributed by atoms with van der Waals surface area (Å²) in [6.45, 7) is 11.9. The number of hydrogen-bond donors (Lipinski definition) is 2. The van der Waals surface area contributed by atoms with E-state index in [2.05, 4.69) is 48.2 Å². The lowest BCUT2D eigenvalue weighted by atomic mass is 9.56. The van der Waals surface area contributed by atoms with E-state index in [9.17, 15) is 4.79 Å². The number of amides is 1. The van der Waals surface area contributed by atoms with E-state index in [0.717, 1.165) is 44.9 Å². The molecule has 2 fully saturated rings. The molecule has 0 aromatic rings. The normalized spacial score (nSPS) is 28.1. The van der Waals surface area contributed by atoms with Crippen molar-refractivity contribution in [2.45, 2.75) is 64.6 Å². The average molecular weight is 509 g/mol. The van der Waals surface area contributed by atoms with Crippen molar-refractivity contribution >= 4 is 35.8 Å². The standard InChI is InChI=1S/C20H39N5O2.HI/c1-8-21-18(23-16-13-20(4,27-7)19(16,2)3)22-15-9-11-25(12-10-15)14-17(26)24(5)6;/h15-16H,8-14H2,1-7H3,(H2,21,22,23);1H.